The average Bonchev–Trinajstić information content (AvgIpc) is 1.98. The number of nitrogens with zero attached hydrogens (tertiary/aromatic N) is 1. The molecule has 0 aliphatic heterocycles. The second-order valence-electron chi connectivity index (χ2n) is 2.08. The van der Waals surface area contributed by atoms with Crippen LogP contribution in [0.1, 0.15) is 26.2 Å². The van der Waals surface area contributed by atoms with E-state index in [1.165, 1.54) is 6.42 Å². The van der Waals surface area contributed by atoms with E-state index in [1.54, 1.807) is 7.11 Å². The van der Waals surface area contributed by atoms with Gasteiger partial charge in [0.25, 0.3) is 0 Å². The van der Waals surface area contributed by atoms with Gasteiger partial charge in [-0.2, -0.15) is 0 Å². The number of unbranched alkanes of at least 4 members (excludes halogenated alkanes) is 1. The molecular weight excluding hydrogens is 150 g/mol. The Labute approximate surface area is 67.2 Å². The molecule has 0 fully saturated rings. The molecule has 10 heavy (non-hydrogen) atoms. The Bertz CT molecular complexity index is 104. The van der Waals surface area contributed by atoms with E-state index in [9.17, 15) is 0 Å². The lowest BCUT2D eigenvalue weighted by Gasteiger charge is -1.98. The Morgan fingerprint density at radius 3 is 2.70 bits per heavy atom. The maximum Gasteiger partial charge on any atom is 0.106 e. The third-order valence-corrected chi connectivity index (χ3v) is 1.50. The van der Waals surface area contributed by atoms with Crippen molar-refractivity contribution in [1.29, 1.82) is 0 Å². The highest BCUT2D eigenvalue weighted by atomic mass is 35.5. The van der Waals surface area contributed by atoms with E-state index in [-0.39, 0.29) is 0 Å². The van der Waals surface area contributed by atoms with Crippen LogP contribution >= 0.6 is 11.6 Å². The number of alkyl halides is 1. The summed E-state index contributed by atoms with van der Waals surface area (Å²) in [5.74, 6) is 0.480. The van der Waals surface area contributed by atoms with Gasteiger partial charge in [0.1, 0.15) is 7.11 Å². The molecule has 0 saturated heterocycles. The quantitative estimate of drug-likeness (QED) is 0.347. The number of oxime groups is 1. The van der Waals surface area contributed by atoms with Crippen LogP contribution in [0.5, 0.6) is 0 Å². The normalized spacial score (nSPS) is 11.7. The van der Waals surface area contributed by atoms with Gasteiger partial charge >= 0.3 is 0 Å². The second-order valence-corrected chi connectivity index (χ2v) is 2.34. The number of hydrogen-bond donors (Lipinski definition) is 0. The fraction of sp³-hybridized carbons (Fsp3) is 0.857. The molecule has 2 nitrogen and oxygen atoms in total. The van der Waals surface area contributed by atoms with Gasteiger partial charge in [-0.3, -0.25) is 0 Å². The van der Waals surface area contributed by atoms with Crippen LogP contribution < -0.4 is 0 Å². The van der Waals surface area contributed by atoms with Gasteiger partial charge in [0, 0.05) is 0 Å². The standard InChI is InChI=1S/C7H14ClNO/c1-3-4-5-7(6-8)9-10-2/h3-6H2,1-2H3. The molecule has 60 valence electrons. The molecule has 0 amide bonds. The highest BCUT2D eigenvalue weighted by Gasteiger charge is 1.95. The van der Waals surface area contributed by atoms with E-state index >= 15 is 0 Å². The minimum Gasteiger partial charge on any atom is -0.399 e. The van der Waals surface area contributed by atoms with Crippen LogP contribution in [0.25, 0.3) is 0 Å². The topological polar surface area (TPSA) is 21.6 Å². The van der Waals surface area contributed by atoms with Crippen molar-refractivity contribution in [3.05, 3.63) is 0 Å². The van der Waals surface area contributed by atoms with Gasteiger partial charge in [-0.15, -0.1) is 11.6 Å². The average molecular weight is 164 g/mol. The van der Waals surface area contributed by atoms with Crippen molar-refractivity contribution in [2.75, 3.05) is 13.0 Å². The first kappa shape index (κ1) is 9.76. The molecule has 0 unspecified atom stereocenters. The lowest BCUT2D eigenvalue weighted by atomic mass is 10.2. The van der Waals surface area contributed by atoms with Crippen LogP contribution in [0.2, 0.25) is 0 Å². The zero-order chi connectivity index (χ0) is 7.82. The molecule has 0 spiro atoms. The zero-order valence-electron chi connectivity index (χ0n) is 6.56. The van der Waals surface area contributed by atoms with E-state index < -0.39 is 0 Å². The highest BCUT2D eigenvalue weighted by molar-refractivity contribution is 6.28. The summed E-state index contributed by atoms with van der Waals surface area (Å²) in [6.45, 7) is 2.14. The van der Waals surface area contributed by atoms with Crippen LogP contribution in [0.3, 0.4) is 0 Å². The molecule has 0 aliphatic rings. The summed E-state index contributed by atoms with van der Waals surface area (Å²) in [5.41, 5.74) is 0.936. The number of hydrogen-bond acceptors (Lipinski definition) is 2. The first-order valence-corrected chi connectivity index (χ1v) is 4.03. The van der Waals surface area contributed by atoms with Crippen LogP contribution in [0, 0.1) is 0 Å². The Kier molecular flexibility index (Phi) is 6.71. The zero-order valence-corrected chi connectivity index (χ0v) is 7.32. The van der Waals surface area contributed by atoms with Crippen molar-refractivity contribution in [3.63, 3.8) is 0 Å². The van der Waals surface area contributed by atoms with E-state index in [1.807, 2.05) is 0 Å². The summed E-state index contributed by atoms with van der Waals surface area (Å²) in [4.78, 5) is 4.60. The fourth-order valence-corrected chi connectivity index (χ4v) is 0.829. The van der Waals surface area contributed by atoms with Crippen molar-refractivity contribution >= 4 is 17.3 Å². The van der Waals surface area contributed by atoms with Gasteiger partial charge in [-0.25, -0.2) is 0 Å². The molecule has 0 rings (SSSR count). The third kappa shape index (κ3) is 4.62. The van der Waals surface area contributed by atoms with Gasteiger partial charge in [0.15, 0.2) is 0 Å². The van der Waals surface area contributed by atoms with Gasteiger partial charge in [-0.05, 0) is 12.8 Å². The lowest BCUT2D eigenvalue weighted by Crippen LogP contribution is -2.00. The van der Waals surface area contributed by atoms with Crippen molar-refractivity contribution in [1.82, 2.24) is 0 Å². The summed E-state index contributed by atoms with van der Waals surface area (Å²) in [5, 5.41) is 3.76. The van der Waals surface area contributed by atoms with E-state index in [0.717, 1.165) is 18.6 Å². The minimum absolute atomic E-state index is 0.480. The lowest BCUT2D eigenvalue weighted by molar-refractivity contribution is 0.212. The van der Waals surface area contributed by atoms with Crippen LogP contribution in [-0.4, -0.2) is 18.7 Å². The summed E-state index contributed by atoms with van der Waals surface area (Å²) >= 11 is 5.57. The Morgan fingerprint density at radius 2 is 2.30 bits per heavy atom. The molecule has 0 heterocycles. The van der Waals surface area contributed by atoms with Gasteiger partial charge in [0.05, 0.1) is 11.6 Å². The predicted octanol–water partition coefficient (Wildman–Crippen LogP) is 2.42. The predicted molar refractivity (Wildman–Crippen MR) is 44.7 cm³/mol. The molecule has 0 saturated carbocycles. The molecule has 0 aromatic heterocycles. The highest BCUT2D eigenvalue weighted by Crippen LogP contribution is 1.99. The molecule has 0 radical (unpaired) electrons. The second kappa shape index (κ2) is 6.87. The van der Waals surface area contributed by atoms with Crippen molar-refractivity contribution in [2.45, 2.75) is 26.2 Å². The van der Waals surface area contributed by atoms with Crippen molar-refractivity contribution < 1.29 is 4.84 Å². The van der Waals surface area contributed by atoms with Crippen LogP contribution in [0.15, 0.2) is 5.16 Å². The molecule has 0 bridgehead atoms. The van der Waals surface area contributed by atoms with E-state index in [0.29, 0.717) is 5.88 Å². The summed E-state index contributed by atoms with van der Waals surface area (Å²) in [7, 11) is 1.54. The molecule has 3 heteroatoms. The first-order chi connectivity index (χ1) is 4.85. The van der Waals surface area contributed by atoms with Crippen LogP contribution in [-0.2, 0) is 4.84 Å². The van der Waals surface area contributed by atoms with Gasteiger partial charge in [0.2, 0.25) is 0 Å². The molecule has 0 aliphatic carbocycles. The van der Waals surface area contributed by atoms with Crippen molar-refractivity contribution in [2.24, 2.45) is 5.16 Å². The van der Waals surface area contributed by atoms with Gasteiger partial charge in [-0.1, -0.05) is 18.5 Å². The summed E-state index contributed by atoms with van der Waals surface area (Å²) < 4.78 is 0. The van der Waals surface area contributed by atoms with Gasteiger partial charge < -0.3 is 4.84 Å². The molecule has 0 aromatic carbocycles. The third-order valence-electron chi connectivity index (χ3n) is 1.19. The molecule has 0 aromatic rings. The Morgan fingerprint density at radius 1 is 1.60 bits per heavy atom. The van der Waals surface area contributed by atoms with E-state index in [4.69, 9.17) is 11.6 Å². The number of rotatable bonds is 5. The SMILES string of the molecule is CCCCC(CCl)=NOC. The minimum atomic E-state index is 0.480. The fourth-order valence-electron chi connectivity index (χ4n) is 0.647. The maximum atomic E-state index is 5.57. The molecule has 0 atom stereocenters. The Balaban J connectivity index is 3.49. The smallest absolute Gasteiger partial charge is 0.106 e. The van der Waals surface area contributed by atoms with E-state index in [2.05, 4.69) is 16.9 Å². The number of halogens is 1. The monoisotopic (exact) mass is 163 g/mol. The Hall–Kier alpha value is -0.240. The summed E-state index contributed by atoms with van der Waals surface area (Å²) in [6, 6.07) is 0. The first-order valence-electron chi connectivity index (χ1n) is 3.50. The maximum absolute atomic E-state index is 5.57. The largest absolute Gasteiger partial charge is 0.399 e. The summed E-state index contributed by atoms with van der Waals surface area (Å²) in [6.07, 6.45) is 3.25. The van der Waals surface area contributed by atoms with Crippen molar-refractivity contribution in [3.8, 4) is 0 Å². The van der Waals surface area contributed by atoms with Crippen LogP contribution in [0.4, 0.5) is 0 Å². The molecular formula is C7H14ClNO. The molecule has 0 N–H and O–H groups in total.